The molecule has 0 aromatic heterocycles. The van der Waals surface area contributed by atoms with Gasteiger partial charge in [0.15, 0.2) is 18.1 Å². The van der Waals surface area contributed by atoms with E-state index in [-0.39, 0.29) is 18.1 Å². The van der Waals surface area contributed by atoms with E-state index in [1.54, 1.807) is 19.1 Å². The molecule has 0 fully saturated rings. The number of ether oxygens (including phenoxy) is 3. The number of anilines is 1. The van der Waals surface area contributed by atoms with Crippen LogP contribution in [-0.2, 0) is 14.3 Å². The number of benzene rings is 2. The van der Waals surface area contributed by atoms with E-state index in [1.807, 2.05) is 19.1 Å². The molecular weight excluding hydrogens is 384 g/mol. The van der Waals surface area contributed by atoms with Gasteiger partial charge in [-0.3, -0.25) is 4.79 Å². The molecule has 0 saturated heterocycles. The monoisotopic (exact) mass is 405 g/mol. The van der Waals surface area contributed by atoms with E-state index in [0.29, 0.717) is 11.3 Å². The van der Waals surface area contributed by atoms with Crippen LogP contribution in [0.15, 0.2) is 48.5 Å². The fraction of sp³-hybridized carbons (Fsp3) is 0.238. The molecule has 0 aliphatic heterocycles. The number of hydrogen-bond donors (Lipinski definition) is 1. The van der Waals surface area contributed by atoms with E-state index >= 15 is 0 Å². The predicted molar refractivity (Wildman–Crippen MR) is 104 cm³/mol. The van der Waals surface area contributed by atoms with Crippen LogP contribution < -0.4 is 14.8 Å². The molecule has 6 nitrogen and oxygen atoms in total. The van der Waals surface area contributed by atoms with Crippen LogP contribution >= 0.6 is 0 Å². The van der Waals surface area contributed by atoms with E-state index in [0.717, 1.165) is 11.6 Å². The van der Waals surface area contributed by atoms with E-state index < -0.39 is 25.1 Å². The lowest BCUT2D eigenvalue weighted by Crippen LogP contribution is -2.20. The summed E-state index contributed by atoms with van der Waals surface area (Å²) in [4.78, 5) is 23.6. The van der Waals surface area contributed by atoms with Crippen LogP contribution in [0.3, 0.4) is 0 Å². The fourth-order valence-corrected chi connectivity index (χ4v) is 2.27. The second-order valence-corrected chi connectivity index (χ2v) is 5.87. The summed E-state index contributed by atoms with van der Waals surface area (Å²) in [6.07, 6.45) is 2.53. The average Bonchev–Trinajstić information content (AvgIpc) is 2.68. The van der Waals surface area contributed by atoms with Gasteiger partial charge in [0.2, 0.25) is 0 Å². The maximum Gasteiger partial charge on any atom is 0.387 e. The van der Waals surface area contributed by atoms with Crippen LogP contribution in [0.4, 0.5) is 14.5 Å². The molecule has 0 atom stereocenters. The topological polar surface area (TPSA) is 73.9 Å². The molecule has 0 heterocycles. The van der Waals surface area contributed by atoms with Crippen molar-refractivity contribution in [1.82, 2.24) is 0 Å². The van der Waals surface area contributed by atoms with Gasteiger partial charge in [0.25, 0.3) is 5.91 Å². The fourth-order valence-electron chi connectivity index (χ4n) is 2.27. The molecule has 29 heavy (non-hydrogen) atoms. The Labute approximate surface area is 167 Å². The van der Waals surface area contributed by atoms with E-state index in [2.05, 4.69) is 10.1 Å². The molecule has 154 valence electrons. The number of halogens is 2. The highest BCUT2D eigenvalue weighted by molar-refractivity contribution is 5.94. The molecule has 1 amide bonds. The lowest BCUT2D eigenvalue weighted by molar-refractivity contribution is -0.142. The zero-order valence-electron chi connectivity index (χ0n) is 16.0. The van der Waals surface area contributed by atoms with Crippen LogP contribution in [0.25, 0.3) is 6.08 Å². The average molecular weight is 405 g/mol. The minimum Gasteiger partial charge on any atom is -0.490 e. The Morgan fingerprint density at radius 3 is 2.48 bits per heavy atom. The molecule has 0 spiro atoms. The number of alkyl halides is 2. The molecule has 2 aromatic carbocycles. The molecular formula is C21H21F2NO5. The molecule has 0 unspecified atom stereocenters. The number of nitrogens with one attached hydrogen (secondary N) is 1. The Balaban J connectivity index is 1.89. The molecule has 0 radical (unpaired) electrons. The van der Waals surface area contributed by atoms with Crippen LogP contribution in [-0.4, -0.2) is 31.7 Å². The zero-order valence-corrected chi connectivity index (χ0v) is 16.0. The third-order valence-electron chi connectivity index (χ3n) is 3.58. The van der Waals surface area contributed by atoms with Crippen molar-refractivity contribution in [2.45, 2.75) is 20.5 Å². The van der Waals surface area contributed by atoms with Crippen molar-refractivity contribution in [2.24, 2.45) is 0 Å². The molecule has 0 aliphatic rings. The summed E-state index contributed by atoms with van der Waals surface area (Å²) in [7, 11) is 0. The lowest BCUT2D eigenvalue weighted by Gasteiger charge is -2.11. The van der Waals surface area contributed by atoms with Gasteiger partial charge in [-0.1, -0.05) is 23.8 Å². The molecule has 0 bridgehead atoms. The van der Waals surface area contributed by atoms with Gasteiger partial charge < -0.3 is 19.5 Å². The first-order valence-electron chi connectivity index (χ1n) is 8.80. The first-order valence-corrected chi connectivity index (χ1v) is 8.80. The van der Waals surface area contributed by atoms with Crippen molar-refractivity contribution in [3.8, 4) is 11.5 Å². The van der Waals surface area contributed by atoms with Crippen LogP contribution in [0, 0.1) is 6.92 Å². The quantitative estimate of drug-likeness (QED) is 0.500. The van der Waals surface area contributed by atoms with Crippen molar-refractivity contribution in [2.75, 3.05) is 18.5 Å². The first kappa shape index (κ1) is 21.9. The summed E-state index contributed by atoms with van der Waals surface area (Å²) in [5, 5.41) is 2.61. The molecule has 0 saturated carbocycles. The summed E-state index contributed by atoms with van der Waals surface area (Å²) >= 11 is 0. The SMILES string of the molecule is CCOc1cc(/C=C/C(=O)OCC(=O)Nc2ccc(C)cc2)ccc1OC(F)F. The van der Waals surface area contributed by atoms with Gasteiger partial charge in [-0.25, -0.2) is 4.79 Å². The summed E-state index contributed by atoms with van der Waals surface area (Å²) in [6.45, 7) is 0.467. The van der Waals surface area contributed by atoms with Crippen molar-refractivity contribution < 1.29 is 32.6 Å². The van der Waals surface area contributed by atoms with Gasteiger partial charge in [-0.05, 0) is 49.8 Å². The highest BCUT2D eigenvalue weighted by Crippen LogP contribution is 2.30. The van der Waals surface area contributed by atoms with E-state index in [9.17, 15) is 18.4 Å². The van der Waals surface area contributed by atoms with Crippen LogP contribution in [0.5, 0.6) is 11.5 Å². The predicted octanol–water partition coefficient (Wildman–Crippen LogP) is 4.19. The zero-order chi connectivity index (χ0) is 21.2. The number of rotatable bonds is 9. The second kappa shape index (κ2) is 10.8. The smallest absolute Gasteiger partial charge is 0.387 e. The number of carbonyl (C=O) groups excluding carboxylic acids is 2. The maximum absolute atomic E-state index is 12.4. The van der Waals surface area contributed by atoms with E-state index in [1.165, 1.54) is 24.3 Å². The molecule has 2 aromatic rings. The van der Waals surface area contributed by atoms with Crippen molar-refractivity contribution >= 4 is 23.6 Å². The number of esters is 1. The summed E-state index contributed by atoms with van der Waals surface area (Å²) in [5.74, 6) is -1.17. The second-order valence-electron chi connectivity index (χ2n) is 5.87. The minimum atomic E-state index is -2.98. The highest BCUT2D eigenvalue weighted by atomic mass is 19.3. The Kier molecular flexibility index (Phi) is 8.14. The standard InChI is InChI=1S/C21H21F2NO5/c1-3-27-18-12-15(6-10-17(18)29-21(22)23)7-11-20(26)28-13-19(25)24-16-8-4-14(2)5-9-16/h4-12,21H,3,13H2,1-2H3,(H,24,25)/b11-7+. The Bertz CT molecular complexity index is 866. The van der Waals surface area contributed by atoms with Gasteiger partial charge in [-0.15, -0.1) is 0 Å². The number of carbonyl (C=O) groups is 2. The highest BCUT2D eigenvalue weighted by Gasteiger charge is 2.11. The van der Waals surface area contributed by atoms with E-state index in [4.69, 9.17) is 9.47 Å². The van der Waals surface area contributed by atoms with Gasteiger partial charge in [0.1, 0.15) is 0 Å². The summed E-state index contributed by atoms with van der Waals surface area (Å²) < 4.78 is 39.4. The van der Waals surface area contributed by atoms with Gasteiger partial charge in [-0.2, -0.15) is 8.78 Å². The molecule has 1 N–H and O–H groups in total. The number of aryl methyl sites for hydroxylation is 1. The molecule has 0 aliphatic carbocycles. The van der Waals surface area contributed by atoms with Crippen molar-refractivity contribution in [3.05, 3.63) is 59.7 Å². The Morgan fingerprint density at radius 2 is 1.83 bits per heavy atom. The van der Waals surface area contributed by atoms with Crippen molar-refractivity contribution in [3.63, 3.8) is 0 Å². The van der Waals surface area contributed by atoms with Crippen LogP contribution in [0.1, 0.15) is 18.1 Å². The summed E-state index contributed by atoms with van der Waals surface area (Å²) in [6, 6.07) is 11.4. The Hall–Kier alpha value is -3.42. The summed E-state index contributed by atoms with van der Waals surface area (Å²) in [5.41, 5.74) is 2.17. The minimum absolute atomic E-state index is 0.102. The number of hydrogen-bond acceptors (Lipinski definition) is 5. The lowest BCUT2D eigenvalue weighted by atomic mass is 10.2. The van der Waals surface area contributed by atoms with Crippen LogP contribution in [0.2, 0.25) is 0 Å². The molecule has 8 heteroatoms. The first-order chi connectivity index (χ1) is 13.9. The number of amides is 1. The Morgan fingerprint density at radius 1 is 1.10 bits per heavy atom. The van der Waals surface area contributed by atoms with Crippen molar-refractivity contribution in [1.29, 1.82) is 0 Å². The third kappa shape index (κ3) is 7.61. The third-order valence-corrected chi connectivity index (χ3v) is 3.58. The van der Waals surface area contributed by atoms with Gasteiger partial charge in [0, 0.05) is 11.8 Å². The molecule has 2 rings (SSSR count). The normalized spacial score (nSPS) is 10.8. The van der Waals surface area contributed by atoms with Gasteiger partial charge >= 0.3 is 12.6 Å². The van der Waals surface area contributed by atoms with Gasteiger partial charge in [0.05, 0.1) is 6.61 Å². The maximum atomic E-state index is 12.4. The largest absolute Gasteiger partial charge is 0.490 e.